The van der Waals surface area contributed by atoms with Crippen LogP contribution in [0.1, 0.15) is 0 Å². The van der Waals surface area contributed by atoms with Gasteiger partial charge in [0.05, 0.1) is 7.11 Å². The van der Waals surface area contributed by atoms with E-state index in [0.29, 0.717) is 17.2 Å². The molecule has 1 N–H and O–H groups in total. The third-order valence-electron chi connectivity index (χ3n) is 2.27. The molecule has 0 heterocycles. The van der Waals surface area contributed by atoms with Gasteiger partial charge in [0.15, 0.2) is 0 Å². The molecule has 0 aliphatic heterocycles. The van der Waals surface area contributed by atoms with E-state index in [4.69, 9.17) is 9.47 Å². The van der Waals surface area contributed by atoms with Crippen molar-refractivity contribution < 1.29 is 14.3 Å². The normalized spacial score (nSPS) is 9.61. The van der Waals surface area contributed by atoms with Crippen LogP contribution in [-0.4, -0.2) is 13.2 Å². The summed E-state index contributed by atoms with van der Waals surface area (Å²) in [5.74, 6) is 1.17. The zero-order valence-electron chi connectivity index (χ0n) is 9.92. The van der Waals surface area contributed by atoms with Crippen molar-refractivity contribution >= 4 is 11.8 Å². The summed E-state index contributed by atoms with van der Waals surface area (Å²) in [5, 5.41) is 2.62. The van der Waals surface area contributed by atoms with Gasteiger partial charge in [-0.2, -0.15) is 0 Å². The predicted molar refractivity (Wildman–Crippen MR) is 69.1 cm³/mol. The summed E-state index contributed by atoms with van der Waals surface area (Å²) >= 11 is 0. The molecule has 0 saturated heterocycles. The van der Waals surface area contributed by atoms with Crippen molar-refractivity contribution in [2.75, 3.05) is 12.4 Å². The van der Waals surface area contributed by atoms with Crippen LogP contribution < -0.4 is 14.8 Å². The zero-order chi connectivity index (χ0) is 12.8. The van der Waals surface area contributed by atoms with Crippen molar-refractivity contribution in [2.45, 2.75) is 0 Å². The van der Waals surface area contributed by atoms with E-state index in [1.165, 1.54) is 0 Å². The maximum Gasteiger partial charge on any atom is 0.417 e. The topological polar surface area (TPSA) is 47.6 Å². The number of anilines is 1. The van der Waals surface area contributed by atoms with Crippen LogP contribution in [0, 0.1) is 0 Å². The lowest BCUT2D eigenvalue weighted by Gasteiger charge is -2.07. The summed E-state index contributed by atoms with van der Waals surface area (Å²) in [6, 6.07) is 15.9. The van der Waals surface area contributed by atoms with Crippen molar-refractivity contribution in [2.24, 2.45) is 0 Å². The first-order valence-electron chi connectivity index (χ1n) is 5.46. The fourth-order valence-corrected chi connectivity index (χ4v) is 1.44. The fourth-order valence-electron chi connectivity index (χ4n) is 1.44. The van der Waals surface area contributed by atoms with Gasteiger partial charge in [-0.3, -0.25) is 5.32 Å². The number of carbonyl (C=O) groups is 1. The molecular weight excluding hydrogens is 230 g/mol. The number of ether oxygens (including phenoxy) is 2. The van der Waals surface area contributed by atoms with Crippen molar-refractivity contribution in [3.63, 3.8) is 0 Å². The molecule has 0 spiro atoms. The molecular formula is C14H13NO3. The standard InChI is InChI=1S/C14H13NO3/c1-17-13-9-5-6-11(10-13)15-14(16)18-12-7-3-2-4-8-12/h2-10H,1H3,(H,15,16). The maximum absolute atomic E-state index is 11.6. The summed E-state index contributed by atoms with van der Waals surface area (Å²) in [6.45, 7) is 0. The smallest absolute Gasteiger partial charge is 0.417 e. The number of hydrogen-bond donors (Lipinski definition) is 1. The lowest BCUT2D eigenvalue weighted by Crippen LogP contribution is -2.16. The number of hydrogen-bond acceptors (Lipinski definition) is 3. The number of benzene rings is 2. The van der Waals surface area contributed by atoms with E-state index in [0.717, 1.165) is 0 Å². The number of para-hydroxylation sites is 1. The highest BCUT2D eigenvalue weighted by atomic mass is 16.6. The minimum absolute atomic E-state index is 0.498. The Labute approximate surface area is 105 Å². The summed E-state index contributed by atoms with van der Waals surface area (Å²) in [4.78, 5) is 11.6. The molecule has 18 heavy (non-hydrogen) atoms. The molecule has 2 aromatic carbocycles. The van der Waals surface area contributed by atoms with Crippen molar-refractivity contribution in [1.29, 1.82) is 0 Å². The molecule has 4 nitrogen and oxygen atoms in total. The van der Waals surface area contributed by atoms with Gasteiger partial charge in [0.25, 0.3) is 0 Å². The minimum atomic E-state index is -0.533. The van der Waals surface area contributed by atoms with E-state index >= 15 is 0 Å². The van der Waals surface area contributed by atoms with Crippen molar-refractivity contribution in [3.05, 3.63) is 54.6 Å². The van der Waals surface area contributed by atoms with Gasteiger partial charge in [0.1, 0.15) is 11.5 Å². The van der Waals surface area contributed by atoms with Gasteiger partial charge >= 0.3 is 6.09 Å². The molecule has 0 saturated carbocycles. The van der Waals surface area contributed by atoms with E-state index in [1.54, 1.807) is 55.6 Å². The Morgan fingerprint density at radius 1 is 1.00 bits per heavy atom. The summed E-state index contributed by atoms with van der Waals surface area (Å²) in [7, 11) is 1.57. The van der Waals surface area contributed by atoms with Gasteiger partial charge in [0.2, 0.25) is 0 Å². The largest absolute Gasteiger partial charge is 0.497 e. The Kier molecular flexibility index (Phi) is 3.81. The van der Waals surface area contributed by atoms with Crippen LogP contribution in [0.25, 0.3) is 0 Å². The predicted octanol–water partition coefficient (Wildman–Crippen LogP) is 3.31. The molecule has 2 aromatic rings. The maximum atomic E-state index is 11.6. The van der Waals surface area contributed by atoms with Crippen LogP contribution in [-0.2, 0) is 0 Å². The Hall–Kier alpha value is -2.49. The number of amides is 1. The van der Waals surface area contributed by atoms with Crippen LogP contribution in [0.5, 0.6) is 11.5 Å². The minimum Gasteiger partial charge on any atom is -0.497 e. The zero-order valence-corrected chi connectivity index (χ0v) is 9.92. The molecule has 0 aliphatic rings. The molecule has 4 heteroatoms. The lowest BCUT2D eigenvalue weighted by molar-refractivity contribution is 0.215. The van der Waals surface area contributed by atoms with Crippen LogP contribution >= 0.6 is 0 Å². The highest BCUT2D eigenvalue weighted by Crippen LogP contribution is 2.17. The Balaban J connectivity index is 1.99. The Morgan fingerprint density at radius 3 is 2.44 bits per heavy atom. The number of nitrogens with one attached hydrogen (secondary N) is 1. The second-order valence-corrected chi connectivity index (χ2v) is 3.56. The van der Waals surface area contributed by atoms with Gasteiger partial charge in [-0.05, 0) is 24.3 Å². The average molecular weight is 243 g/mol. The summed E-state index contributed by atoms with van der Waals surface area (Å²) < 4.78 is 10.2. The van der Waals surface area contributed by atoms with Crippen molar-refractivity contribution in [1.82, 2.24) is 0 Å². The van der Waals surface area contributed by atoms with Gasteiger partial charge in [0, 0.05) is 11.8 Å². The first kappa shape index (κ1) is 12.0. The van der Waals surface area contributed by atoms with Gasteiger partial charge < -0.3 is 9.47 Å². The van der Waals surface area contributed by atoms with Gasteiger partial charge in [-0.1, -0.05) is 24.3 Å². The highest BCUT2D eigenvalue weighted by molar-refractivity contribution is 5.86. The molecule has 0 unspecified atom stereocenters. The first-order valence-corrected chi connectivity index (χ1v) is 5.46. The average Bonchev–Trinajstić information content (AvgIpc) is 2.40. The summed E-state index contributed by atoms with van der Waals surface area (Å²) in [5.41, 5.74) is 0.621. The number of carbonyl (C=O) groups excluding carboxylic acids is 1. The van der Waals surface area contributed by atoms with Crippen LogP contribution in [0.15, 0.2) is 54.6 Å². The molecule has 0 aromatic heterocycles. The van der Waals surface area contributed by atoms with E-state index in [-0.39, 0.29) is 0 Å². The molecule has 1 amide bonds. The van der Waals surface area contributed by atoms with Gasteiger partial charge in [-0.15, -0.1) is 0 Å². The molecule has 92 valence electrons. The first-order chi connectivity index (χ1) is 8.78. The van der Waals surface area contributed by atoms with Crippen LogP contribution in [0.4, 0.5) is 10.5 Å². The number of methoxy groups -OCH3 is 1. The quantitative estimate of drug-likeness (QED) is 0.899. The van der Waals surface area contributed by atoms with E-state index in [9.17, 15) is 4.79 Å². The monoisotopic (exact) mass is 243 g/mol. The SMILES string of the molecule is COc1cccc(NC(=O)Oc2ccccc2)c1. The number of rotatable bonds is 3. The van der Waals surface area contributed by atoms with Gasteiger partial charge in [-0.25, -0.2) is 4.79 Å². The third-order valence-corrected chi connectivity index (χ3v) is 2.27. The second-order valence-electron chi connectivity index (χ2n) is 3.56. The molecule has 0 bridgehead atoms. The second kappa shape index (κ2) is 5.72. The fraction of sp³-hybridized carbons (Fsp3) is 0.0714. The van der Waals surface area contributed by atoms with Crippen molar-refractivity contribution in [3.8, 4) is 11.5 Å². The lowest BCUT2D eigenvalue weighted by atomic mass is 10.3. The van der Waals surface area contributed by atoms with Crippen LogP contribution in [0.3, 0.4) is 0 Å². The third kappa shape index (κ3) is 3.25. The van der Waals surface area contributed by atoms with E-state index < -0.39 is 6.09 Å². The Bertz CT molecular complexity index is 526. The molecule has 0 fully saturated rings. The van der Waals surface area contributed by atoms with E-state index in [2.05, 4.69) is 5.32 Å². The molecule has 0 radical (unpaired) electrons. The molecule has 0 aliphatic carbocycles. The van der Waals surface area contributed by atoms with E-state index in [1.807, 2.05) is 6.07 Å². The Morgan fingerprint density at radius 2 is 1.72 bits per heavy atom. The molecule has 2 rings (SSSR count). The molecule has 0 atom stereocenters. The van der Waals surface area contributed by atoms with Crippen LogP contribution in [0.2, 0.25) is 0 Å². The summed E-state index contributed by atoms with van der Waals surface area (Å²) in [6.07, 6.45) is -0.533. The highest BCUT2D eigenvalue weighted by Gasteiger charge is 2.05.